The minimum absolute atomic E-state index is 0. The molecule has 0 saturated carbocycles. The summed E-state index contributed by atoms with van der Waals surface area (Å²) in [5.74, 6) is 0. The molecule has 0 fully saturated rings. The predicted octanol–water partition coefficient (Wildman–Crippen LogP) is -8.94. The van der Waals surface area contributed by atoms with Crippen LogP contribution in [0.2, 0.25) is 0 Å². The third-order valence-electron chi connectivity index (χ3n) is 0. The quantitative estimate of drug-likeness (QED) is 0.306. The Morgan fingerprint density at radius 3 is 1.00 bits per heavy atom. The maximum absolute atomic E-state index is 8.55. The third-order valence-corrected chi connectivity index (χ3v) is 0. The van der Waals surface area contributed by atoms with Crippen molar-refractivity contribution in [2.45, 2.75) is 0 Å². The molecule has 0 aromatic rings. The third kappa shape index (κ3) is 168. The zero-order valence-corrected chi connectivity index (χ0v) is 8.40. The van der Waals surface area contributed by atoms with Crippen LogP contribution in [0.3, 0.4) is 0 Å². The van der Waals surface area contributed by atoms with E-state index in [1.165, 1.54) is 0 Å². The van der Waals surface area contributed by atoms with Gasteiger partial charge in [0.15, 0.2) is 0 Å². The maximum Gasteiger partial charge on any atom is 2.00 e. The van der Waals surface area contributed by atoms with Crippen molar-refractivity contribution in [2.75, 3.05) is 0 Å². The summed E-state index contributed by atoms with van der Waals surface area (Å²) in [4.78, 5) is 25.6. The van der Waals surface area contributed by atoms with Gasteiger partial charge in [0.25, 0.3) is 0 Å². The molecule has 10 heavy (non-hydrogen) atoms. The Hall–Kier alpha value is 2.30. The largest absolute Gasteiger partial charge is 2.00 e. The van der Waals surface area contributed by atoms with Gasteiger partial charge in [-0.05, 0) is 0 Å². The molecule has 0 aromatic heterocycles. The van der Waals surface area contributed by atoms with E-state index in [-0.39, 0.29) is 77.3 Å². The molecule has 0 aromatic carbocycles. The van der Waals surface area contributed by atoms with Gasteiger partial charge in [-0.1, -0.05) is 0 Å². The van der Waals surface area contributed by atoms with E-state index in [9.17, 15) is 0 Å². The molecule has 1 radical (unpaired) electrons. The van der Waals surface area contributed by atoms with Gasteiger partial charge in [0.1, 0.15) is 0 Å². The summed E-state index contributed by atoms with van der Waals surface area (Å²) in [6.45, 7) is 0. The minimum atomic E-state index is -5.39. The van der Waals surface area contributed by atoms with E-state index >= 15 is 0 Å². The molecule has 0 saturated heterocycles. The monoisotopic (exact) mass is 236 g/mol. The van der Waals surface area contributed by atoms with Crippen LogP contribution in [-0.2, 0) is 44.2 Å². The second kappa shape index (κ2) is 17.4. The average Bonchev–Trinajstić information content (AvgIpc) is 0.722. The zero-order chi connectivity index (χ0) is 4.50. The summed E-state index contributed by atoms with van der Waals surface area (Å²) in [6.07, 6.45) is 0. The van der Waals surface area contributed by atoms with Crippen LogP contribution >= 0.6 is 7.82 Å². The van der Waals surface area contributed by atoms with E-state index in [0.29, 0.717) is 0 Å². The van der Waals surface area contributed by atoms with Crippen LogP contribution in [0.1, 0.15) is 0 Å². The first kappa shape index (κ1) is 39.6. The number of phosphoric acid groups is 1. The molecule has 0 spiro atoms. The van der Waals surface area contributed by atoms with Crippen LogP contribution < -0.4 is 52.4 Å². The molecule has 0 aliphatic heterocycles. The topological polar surface area (TPSA) is 115 Å². The number of rotatable bonds is 0. The Kier molecular flexibility index (Phi) is 68.9. The van der Waals surface area contributed by atoms with E-state index in [1.54, 1.807) is 0 Å². The van der Waals surface area contributed by atoms with E-state index < -0.39 is 7.82 Å². The van der Waals surface area contributed by atoms with Crippen LogP contribution in [0.4, 0.5) is 0 Å². The van der Waals surface area contributed by atoms with Crippen molar-refractivity contribution in [3.63, 3.8) is 0 Å². The van der Waals surface area contributed by atoms with Crippen molar-refractivity contribution >= 4 is 7.82 Å². The molecule has 51 valence electrons. The van der Waals surface area contributed by atoms with Crippen molar-refractivity contribution in [1.82, 2.24) is 0 Å². The van der Waals surface area contributed by atoms with Crippen molar-refractivity contribution < 1.29 is 96.6 Å². The van der Waals surface area contributed by atoms with Crippen molar-refractivity contribution in [3.8, 4) is 0 Å². The molecule has 0 bridgehead atoms. The number of hydrogen-bond donors (Lipinski definition) is 0. The number of hydrogen-bond acceptors (Lipinski definition) is 4. The fourth-order valence-corrected chi connectivity index (χ4v) is 0. The smallest absolute Gasteiger partial charge is 2.00 e. The second-order valence-electron chi connectivity index (χ2n) is 0.447. The molecule has 0 N–H and O–H groups in total. The molecule has 0 atom stereocenters. The molecule has 0 unspecified atom stereocenters. The van der Waals surface area contributed by atoms with E-state index in [1.807, 2.05) is 0 Å². The van der Waals surface area contributed by atoms with Gasteiger partial charge < -0.3 is 24.7 Å². The second-order valence-corrected chi connectivity index (χ2v) is 1.34. The van der Waals surface area contributed by atoms with E-state index in [0.717, 1.165) is 0 Å². The average molecular weight is 236 g/mol. The Morgan fingerprint density at radius 1 is 1.00 bits per heavy atom. The fraction of sp³-hybridized carbons (Fsp3) is 0. The summed E-state index contributed by atoms with van der Waals surface area (Å²) < 4.78 is 8.55. The molecule has 0 amide bonds. The van der Waals surface area contributed by atoms with Crippen LogP contribution in [0.15, 0.2) is 0 Å². The Balaban J connectivity index is -0.00000000800. The molecule has 0 rings (SSSR count). The standard InChI is InChI=1S/Fe.2Li.Mn.H3O4P.O/c;;;;1-5(2,3)4;/h;;;;(H3,1,2,3,4);/q+2;2*+1;+2;;-2/p-3. The molecule has 0 aliphatic rings. The summed E-state index contributed by atoms with van der Waals surface area (Å²) in [7, 11) is -5.39. The zero-order valence-electron chi connectivity index (χ0n) is 5.22. The van der Waals surface area contributed by atoms with Crippen LogP contribution in [0, 0.1) is 0 Å². The van der Waals surface area contributed by atoms with E-state index in [4.69, 9.17) is 19.2 Å². The fourth-order valence-electron chi connectivity index (χ4n) is 0. The SMILES string of the molecule is O=P([O-])([O-])[O-].[Fe+2].[Li+].[Li+].[Mn+2].[O-2]. The Bertz CT molecular complexity index is 65.8. The van der Waals surface area contributed by atoms with E-state index in [2.05, 4.69) is 0 Å². The van der Waals surface area contributed by atoms with Gasteiger partial charge in [-0.25, -0.2) is 0 Å². The summed E-state index contributed by atoms with van der Waals surface area (Å²) in [5, 5.41) is 0. The van der Waals surface area contributed by atoms with Crippen LogP contribution in [0.5, 0.6) is 0 Å². The van der Waals surface area contributed by atoms with Crippen molar-refractivity contribution in [3.05, 3.63) is 0 Å². The normalized spacial score (nSPS) is 5.90. The molecular weight excluding hydrogens is 236 g/mol. The van der Waals surface area contributed by atoms with Crippen LogP contribution in [-0.4, -0.2) is 0 Å². The molecule has 0 heterocycles. The molecule has 0 aliphatic carbocycles. The predicted molar refractivity (Wildman–Crippen MR) is 8.29 cm³/mol. The Labute approximate surface area is 104 Å². The molecular formula is FeLi2MnO5P+. The van der Waals surface area contributed by atoms with Gasteiger partial charge in [0, 0.05) is 0 Å². The van der Waals surface area contributed by atoms with Gasteiger partial charge in [-0.2, -0.15) is 7.82 Å². The summed E-state index contributed by atoms with van der Waals surface area (Å²) in [6, 6.07) is 0. The van der Waals surface area contributed by atoms with Gasteiger partial charge in [0.05, 0.1) is 0 Å². The van der Waals surface area contributed by atoms with Gasteiger partial charge in [-0.3, -0.25) is 0 Å². The molecule has 5 nitrogen and oxygen atoms in total. The molecule has 10 heteroatoms. The van der Waals surface area contributed by atoms with Gasteiger partial charge in [-0.15, -0.1) is 0 Å². The first-order valence-corrected chi connectivity index (χ1v) is 2.19. The first-order valence-electron chi connectivity index (χ1n) is 0.730. The summed E-state index contributed by atoms with van der Waals surface area (Å²) >= 11 is 0. The van der Waals surface area contributed by atoms with Crippen LogP contribution in [0.25, 0.3) is 0 Å². The van der Waals surface area contributed by atoms with Gasteiger partial charge >= 0.3 is 71.9 Å². The van der Waals surface area contributed by atoms with Crippen molar-refractivity contribution in [2.24, 2.45) is 0 Å². The maximum atomic E-state index is 8.55. The van der Waals surface area contributed by atoms with Crippen molar-refractivity contribution in [1.29, 1.82) is 0 Å². The minimum Gasteiger partial charge on any atom is -2.00 e. The van der Waals surface area contributed by atoms with Gasteiger partial charge in [0.2, 0.25) is 0 Å². The summed E-state index contributed by atoms with van der Waals surface area (Å²) in [5.41, 5.74) is 0. The first-order chi connectivity index (χ1) is 2.00. The Morgan fingerprint density at radius 2 is 1.00 bits per heavy atom.